The molecule has 0 saturated carbocycles. The Labute approximate surface area is 155 Å². The molecular weight excluding hydrogens is 347 g/mol. The molecule has 1 fully saturated rings. The average molecular weight is 366 g/mol. The minimum absolute atomic E-state index is 0.130. The third-order valence-electron chi connectivity index (χ3n) is 4.58. The summed E-state index contributed by atoms with van der Waals surface area (Å²) >= 11 is 0. The first-order chi connectivity index (χ1) is 13.1. The second-order valence-electron chi connectivity index (χ2n) is 6.57. The minimum Gasteiger partial charge on any atom is -0.350 e. The lowest BCUT2D eigenvalue weighted by Gasteiger charge is -2.30. The van der Waals surface area contributed by atoms with E-state index in [1.165, 1.54) is 12.1 Å². The summed E-state index contributed by atoms with van der Waals surface area (Å²) in [5.41, 5.74) is 2.34. The number of likely N-dealkylation sites (tertiary alicyclic amines) is 1. The van der Waals surface area contributed by atoms with Crippen LogP contribution in [0.4, 0.5) is 10.3 Å². The van der Waals surface area contributed by atoms with Crippen LogP contribution in [-0.2, 0) is 4.79 Å². The standard InChI is InChI=1S/C19H19FN6O/c1-25-12-15(4-7-18(25)27)23-19-21-9-8-17(24-19)13-10-22-26(11-13)16-5-2-14(20)3-6-16/h2-3,5-6,8-11,15H,4,7,12H2,1H3,(H,21,23,24)/t15-/m0/s1. The van der Waals surface area contributed by atoms with Crippen LogP contribution in [0.1, 0.15) is 12.8 Å². The number of piperidine rings is 1. The fourth-order valence-electron chi connectivity index (χ4n) is 3.09. The van der Waals surface area contributed by atoms with E-state index < -0.39 is 0 Å². The Bertz CT molecular complexity index is 955. The summed E-state index contributed by atoms with van der Waals surface area (Å²) in [6, 6.07) is 8.07. The molecule has 1 aliphatic heterocycles. The van der Waals surface area contributed by atoms with Gasteiger partial charge in [-0.3, -0.25) is 4.79 Å². The average Bonchev–Trinajstić information content (AvgIpc) is 3.16. The summed E-state index contributed by atoms with van der Waals surface area (Å²) in [5.74, 6) is 0.401. The maximum absolute atomic E-state index is 13.1. The van der Waals surface area contributed by atoms with E-state index in [0.717, 1.165) is 23.4 Å². The van der Waals surface area contributed by atoms with E-state index in [2.05, 4.69) is 20.4 Å². The molecule has 1 aromatic carbocycles. The molecule has 4 rings (SSSR count). The Morgan fingerprint density at radius 2 is 2.04 bits per heavy atom. The number of nitrogens with one attached hydrogen (secondary N) is 1. The number of likely N-dealkylation sites (N-methyl/N-ethyl adjacent to an activating group) is 1. The molecule has 2 aromatic heterocycles. The van der Waals surface area contributed by atoms with Crippen LogP contribution in [0, 0.1) is 5.82 Å². The summed E-state index contributed by atoms with van der Waals surface area (Å²) in [7, 11) is 1.80. The summed E-state index contributed by atoms with van der Waals surface area (Å²) < 4.78 is 14.8. The quantitative estimate of drug-likeness (QED) is 0.768. The van der Waals surface area contributed by atoms with Crippen molar-refractivity contribution in [3.63, 3.8) is 0 Å². The first-order valence-corrected chi connectivity index (χ1v) is 8.73. The molecule has 0 bridgehead atoms. The van der Waals surface area contributed by atoms with Gasteiger partial charge in [-0.25, -0.2) is 19.0 Å². The summed E-state index contributed by atoms with van der Waals surface area (Å²) in [6.45, 7) is 0.634. The summed E-state index contributed by atoms with van der Waals surface area (Å²) in [5, 5.41) is 7.63. The molecule has 0 aliphatic carbocycles. The largest absolute Gasteiger partial charge is 0.350 e. The SMILES string of the molecule is CN1C[C@@H](Nc2nccc(-c3cnn(-c4ccc(F)cc4)c3)n2)CCC1=O. The maximum atomic E-state index is 13.1. The summed E-state index contributed by atoms with van der Waals surface area (Å²) in [6.07, 6.45) is 6.53. The fraction of sp³-hybridized carbons (Fsp3) is 0.263. The van der Waals surface area contributed by atoms with Crippen molar-refractivity contribution in [2.24, 2.45) is 0 Å². The van der Waals surface area contributed by atoms with E-state index in [-0.39, 0.29) is 17.8 Å². The highest BCUT2D eigenvalue weighted by atomic mass is 19.1. The molecule has 1 N–H and O–H groups in total. The molecule has 27 heavy (non-hydrogen) atoms. The normalized spacial score (nSPS) is 17.2. The number of hydrogen-bond acceptors (Lipinski definition) is 5. The maximum Gasteiger partial charge on any atom is 0.223 e. The van der Waals surface area contributed by atoms with Crippen molar-refractivity contribution in [2.45, 2.75) is 18.9 Å². The van der Waals surface area contributed by atoms with Gasteiger partial charge in [-0.15, -0.1) is 0 Å². The Hall–Kier alpha value is -3.29. The van der Waals surface area contributed by atoms with Crippen LogP contribution in [0.2, 0.25) is 0 Å². The van der Waals surface area contributed by atoms with E-state index in [0.29, 0.717) is 18.9 Å². The van der Waals surface area contributed by atoms with Crippen molar-refractivity contribution < 1.29 is 9.18 Å². The van der Waals surface area contributed by atoms with Gasteiger partial charge in [0, 0.05) is 44.0 Å². The van der Waals surface area contributed by atoms with Crippen molar-refractivity contribution in [1.29, 1.82) is 0 Å². The van der Waals surface area contributed by atoms with Gasteiger partial charge < -0.3 is 10.2 Å². The molecule has 1 atom stereocenters. The molecule has 0 radical (unpaired) electrons. The van der Waals surface area contributed by atoms with Crippen LogP contribution < -0.4 is 5.32 Å². The number of anilines is 1. The van der Waals surface area contributed by atoms with Gasteiger partial charge in [0.05, 0.1) is 17.6 Å². The number of carbonyl (C=O) groups excluding carboxylic acids is 1. The van der Waals surface area contributed by atoms with Crippen LogP contribution in [0.15, 0.2) is 48.9 Å². The van der Waals surface area contributed by atoms with Gasteiger partial charge in [-0.05, 0) is 36.8 Å². The van der Waals surface area contributed by atoms with E-state index in [9.17, 15) is 9.18 Å². The number of rotatable bonds is 4. The zero-order chi connectivity index (χ0) is 18.8. The highest BCUT2D eigenvalue weighted by molar-refractivity contribution is 5.77. The smallest absolute Gasteiger partial charge is 0.223 e. The molecule has 1 amide bonds. The van der Waals surface area contributed by atoms with Gasteiger partial charge in [-0.1, -0.05) is 0 Å². The number of aromatic nitrogens is 4. The van der Waals surface area contributed by atoms with Crippen molar-refractivity contribution in [3.05, 3.63) is 54.7 Å². The van der Waals surface area contributed by atoms with Gasteiger partial charge in [0.2, 0.25) is 11.9 Å². The van der Waals surface area contributed by atoms with Crippen LogP contribution in [0.5, 0.6) is 0 Å². The molecule has 1 saturated heterocycles. The molecule has 0 spiro atoms. The lowest BCUT2D eigenvalue weighted by molar-refractivity contribution is -0.132. The van der Waals surface area contributed by atoms with E-state index in [4.69, 9.17) is 0 Å². The molecule has 0 unspecified atom stereocenters. The van der Waals surface area contributed by atoms with E-state index >= 15 is 0 Å². The number of nitrogens with zero attached hydrogens (tertiary/aromatic N) is 5. The van der Waals surface area contributed by atoms with Gasteiger partial charge in [0.25, 0.3) is 0 Å². The number of hydrogen-bond donors (Lipinski definition) is 1. The number of halogens is 1. The van der Waals surface area contributed by atoms with Crippen LogP contribution in [0.25, 0.3) is 16.9 Å². The van der Waals surface area contributed by atoms with Gasteiger partial charge in [-0.2, -0.15) is 5.10 Å². The van der Waals surface area contributed by atoms with Crippen LogP contribution in [0.3, 0.4) is 0 Å². The Balaban J connectivity index is 1.51. The Morgan fingerprint density at radius 1 is 1.22 bits per heavy atom. The highest BCUT2D eigenvalue weighted by Crippen LogP contribution is 2.20. The molecule has 8 heteroatoms. The molecule has 3 aromatic rings. The second kappa shape index (κ2) is 7.14. The van der Waals surface area contributed by atoms with Crippen LogP contribution in [-0.4, -0.2) is 50.2 Å². The first-order valence-electron chi connectivity index (χ1n) is 8.73. The predicted molar refractivity (Wildman–Crippen MR) is 98.8 cm³/mol. The fourth-order valence-corrected chi connectivity index (χ4v) is 3.09. The van der Waals surface area contributed by atoms with Crippen LogP contribution >= 0.6 is 0 Å². The number of carbonyl (C=O) groups is 1. The Kier molecular flexibility index (Phi) is 4.53. The second-order valence-corrected chi connectivity index (χ2v) is 6.57. The molecule has 7 nitrogen and oxygen atoms in total. The number of benzene rings is 1. The van der Waals surface area contributed by atoms with Crippen molar-refractivity contribution in [2.75, 3.05) is 18.9 Å². The minimum atomic E-state index is -0.285. The highest BCUT2D eigenvalue weighted by Gasteiger charge is 2.23. The van der Waals surface area contributed by atoms with Gasteiger partial charge in [0.15, 0.2) is 0 Å². The monoisotopic (exact) mass is 366 g/mol. The third-order valence-corrected chi connectivity index (χ3v) is 4.58. The molecule has 138 valence electrons. The van der Waals surface area contributed by atoms with Gasteiger partial charge in [0.1, 0.15) is 5.82 Å². The van der Waals surface area contributed by atoms with Crippen molar-refractivity contribution in [3.8, 4) is 16.9 Å². The van der Waals surface area contributed by atoms with Crippen molar-refractivity contribution in [1.82, 2.24) is 24.6 Å². The summed E-state index contributed by atoms with van der Waals surface area (Å²) in [4.78, 5) is 22.2. The third kappa shape index (κ3) is 3.79. The molecule has 3 heterocycles. The topological polar surface area (TPSA) is 75.9 Å². The molecule has 1 aliphatic rings. The van der Waals surface area contributed by atoms with Crippen molar-refractivity contribution >= 4 is 11.9 Å². The lowest BCUT2D eigenvalue weighted by Crippen LogP contribution is -2.43. The first kappa shape index (κ1) is 17.1. The lowest BCUT2D eigenvalue weighted by atomic mass is 10.1. The Morgan fingerprint density at radius 3 is 2.81 bits per heavy atom. The van der Waals surface area contributed by atoms with E-state index in [1.807, 2.05) is 12.3 Å². The van der Waals surface area contributed by atoms with Gasteiger partial charge >= 0.3 is 0 Å². The zero-order valence-electron chi connectivity index (χ0n) is 14.8. The molecular formula is C19H19FN6O. The zero-order valence-corrected chi connectivity index (χ0v) is 14.8. The van der Waals surface area contributed by atoms with E-state index in [1.54, 1.807) is 41.2 Å². The predicted octanol–water partition coefficient (Wildman–Crippen LogP) is 2.50. The number of amides is 1.